The number of hydrogen-bond donors (Lipinski definition) is 2. The van der Waals surface area contributed by atoms with E-state index in [0.29, 0.717) is 18.5 Å². The van der Waals surface area contributed by atoms with Crippen molar-refractivity contribution in [3.05, 3.63) is 0 Å². The van der Waals surface area contributed by atoms with Crippen LogP contribution in [0.5, 0.6) is 0 Å². The van der Waals surface area contributed by atoms with Crippen molar-refractivity contribution in [1.82, 2.24) is 4.90 Å². The number of amides is 2. The predicted molar refractivity (Wildman–Crippen MR) is 77.1 cm³/mol. The van der Waals surface area contributed by atoms with Crippen LogP contribution in [0.15, 0.2) is 0 Å². The second-order valence-corrected chi connectivity index (χ2v) is 6.25. The van der Waals surface area contributed by atoms with Gasteiger partial charge in [0.25, 0.3) is 5.91 Å². The fourth-order valence-electron chi connectivity index (χ4n) is 3.56. The van der Waals surface area contributed by atoms with Crippen molar-refractivity contribution in [2.24, 2.45) is 11.7 Å². The van der Waals surface area contributed by atoms with Crippen molar-refractivity contribution in [2.45, 2.75) is 51.5 Å². The zero-order valence-corrected chi connectivity index (χ0v) is 12.6. The van der Waals surface area contributed by atoms with Crippen LogP contribution < -0.4 is 10.6 Å². The molecular formula is C15H28N3O2+. The second-order valence-electron chi connectivity index (χ2n) is 6.25. The standard InChI is InChI=1S/C15H27N3O2/c1-2-13-5-3-4-8-18(13)14(19)11-17-9-6-12(7-10-17)15(16)20/h12-13H,2-11H2,1H3,(H2,16,20)/p+1/t13-/m0/s1. The van der Waals surface area contributed by atoms with Gasteiger partial charge in [0.2, 0.25) is 5.91 Å². The summed E-state index contributed by atoms with van der Waals surface area (Å²) in [6.45, 7) is 5.46. The van der Waals surface area contributed by atoms with Gasteiger partial charge in [-0.3, -0.25) is 9.59 Å². The number of nitrogens with zero attached hydrogens (tertiary/aromatic N) is 1. The molecule has 0 aromatic heterocycles. The lowest BCUT2D eigenvalue weighted by atomic mass is 9.96. The zero-order chi connectivity index (χ0) is 14.5. The highest BCUT2D eigenvalue weighted by Gasteiger charge is 2.31. The minimum absolute atomic E-state index is 0.0206. The Kier molecular flexibility index (Phi) is 5.40. The Bertz CT molecular complexity index is 351. The molecule has 0 spiro atoms. The normalized spacial score (nSPS) is 31.1. The van der Waals surface area contributed by atoms with E-state index in [1.54, 1.807) is 0 Å². The molecule has 2 amide bonds. The van der Waals surface area contributed by atoms with Gasteiger partial charge in [0.1, 0.15) is 0 Å². The van der Waals surface area contributed by atoms with Gasteiger partial charge < -0.3 is 15.5 Å². The molecule has 2 aliphatic rings. The summed E-state index contributed by atoms with van der Waals surface area (Å²) in [6.07, 6.45) is 6.26. The third-order valence-corrected chi connectivity index (χ3v) is 4.92. The van der Waals surface area contributed by atoms with Crippen LogP contribution in [0.4, 0.5) is 0 Å². The summed E-state index contributed by atoms with van der Waals surface area (Å²) < 4.78 is 0. The third kappa shape index (κ3) is 3.72. The molecular weight excluding hydrogens is 254 g/mol. The lowest BCUT2D eigenvalue weighted by Gasteiger charge is -2.36. The highest BCUT2D eigenvalue weighted by Crippen LogP contribution is 2.19. The Morgan fingerprint density at radius 1 is 1.20 bits per heavy atom. The lowest BCUT2D eigenvalue weighted by molar-refractivity contribution is -0.898. The molecule has 2 rings (SSSR count). The largest absolute Gasteiger partial charge is 0.369 e. The average molecular weight is 282 g/mol. The van der Waals surface area contributed by atoms with Crippen molar-refractivity contribution in [3.63, 3.8) is 0 Å². The minimum atomic E-state index is -0.183. The minimum Gasteiger partial charge on any atom is -0.369 e. The number of likely N-dealkylation sites (tertiary alicyclic amines) is 2. The quantitative estimate of drug-likeness (QED) is 0.734. The van der Waals surface area contributed by atoms with E-state index < -0.39 is 0 Å². The van der Waals surface area contributed by atoms with E-state index in [0.717, 1.165) is 51.7 Å². The Labute approximate surface area is 121 Å². The van der Waals surface area contributed by atoms with Gasteiger partial charge in [0.15, 0.2) is 6.54 Å². The van der Waals surface area contributed by atoms with Gasteiger partial charge in [-0.1, -0.05) is 6.92 Å². The summed E-state index contributed by atoms with van der Waals surface area (Å²) in [5.41, 5.74) is 5.34. The molecule has 1 atom stereocenters. The number of nitrogens with one attached hydrogen (secondary N) is 1. The summed E-state index contributed by atoms with van der Waals surface area (Å²) >= 11 is 0. The molecule has 0 unspecified atom stereocenters. The molecule has 0 aromatic rings. The number of quaternary nitrogens is 1. The smallest absolute Gasteiger partial charge is 0.278 e. The van der Waals surface area contributed by atoms with E-state index in [9.17, 15) is 9.59 Å². The molecule has 0 bridgehead atoms. The van der Waals surface area contributed by atoms with E-state index in [1.165, 1.54) is 11.3 Å². The molecule has 2 heterocycles. The topological polar surface area (TPSA) is 67.8 Å². The predicted octanol–water partition coefficient (Wildman–Crippen LogP) is -0.442. The molecule has 2 saturated heterocycles. The summed E-state index contributed by atoms with van der Waals surface area (Å²) in [5.74, 6) is 0.133. The Hall–Kier alpha value is -1.10. The van der Waals surface area contributed by atoms with Crippen LogP contribution in [-0.4, -0.2) is 48.9 Å². The highest BCUT2D eigenvalue weighted by atomic mass is 16.2. The van der Waals surface area contributed by atoms with Crippen molar-refractivity contribution in [2.75, 3.05) is 26.2 Å². The van der Waals surface area contributed by atoms with E-state index in [2.05, 4.69) is 11.8 Å². The monoisotopic (exact) mass is 282 g/mol. The van der Waals surface area contributed by atoms with Crippen molar-refractivity contribution in [1.29, 1.82) is 0 Å². The van der Waals surface area contributed by atoms with E-state index in [1.807, 2.05) is 0 Å². The SMILES string of the molecule is CC[C@H]1CCCCN1C(=O)C[NH+]1CCC(C(N)=O)CC1. The number of carbonyl (C=O) groups is 2. The second kappa shape index (κ2) is 7.07. The first-order valence-corrected chi connectivity index (χ1v) is 8.04. The van der Waals surface area contributed by atoms with Gasteiger partial charge in [-0.25, -0.2) is 0 Å². The molecule has 0 saturated carbocycles. The summed E-state index contributed by atoms with van der Waals surface area (Å²) in [5, 5.41) is 0. The fourth-order valence-corrected chi connectivity index (χ4v) is 3.56. The maximum Gasteiger partial charge on any atom is 0.278 e. The van der Waals surface area contributed by atoms with Crippen LogP contribution in [-0.2, 0) is 9.59 Å². The van der Waals surface area contributed by atoms with Gasteiger partial charge in [-0.05, 0) is 25.7 Å². The van der Waals surface area contributed by atoms with Gasteiger partial charge in [0.05, 0.1) is 13.1 Å². The maximum atomic E-state index is 12.5. The van der Waals surface area contributed by atoms with Crippen molar-refractivity contribution >= 4 is 11.8 Å². The molecule has 5 nitrogen and oxygen atoms in total. The number of primary amides is 1. The third-order valence-electron chi connectivity index (χ3n) is 4.92. The highest BCUT2D eigenvalue weighted by molar-refractivity contribution is 5.78. The van der Waals surface area contributed by atoms with Crippen molar-refractivity contribution < 1.29 is 14.5 Å². The number of piperidine rings is 2. The van der Waals surface area contributed by atoms with Crippen LogP contribution in [0.1, 0.15) is 45.4 Å². The van der Waals surface area contributed by atoms with Gasteiger partial charge in [-0.15, -0.1) is 0 Å². The van der Waals surface area contributed by atoms with Gasteiger partial charge in [-0.2, -0.15) is 0 Å². The Morgan fingerprint density at radius 3 is 2.50 bits per heavy atom. The zero-order valence-electron chi connectivity index (χ0n) is 12.6. The average Bonchev–Trinajstić information content (AvgIpc) is 2.47. The van der Waals surface area contributed by atoms with E-state index in [-0.39, 0.29) is 11.8 Å². The Morgan fingerprint density at radius 2 is 1.90 bits per heavy atom. The summed E-state index contributed by atoms with van der Waals surface area (Å²) in [4.78, 5) is 27.0. The number of nitrogens with two attached hydrogens (primary N) is 1. The molecule has 5 heteroatoms. The molecule has 0 aliphatic carbocycles. The summed E-state index contributed by atoms with van der Waals surface area (Å²) in [7, 11) is 0. The maximum absolute atomic E-state index is 12.5. The molecule has 0 aromatic carbocycles. The number of hydrogen-bond acceptors (Lipinski definition) is 2. The van der Waals surface area contributed by atoms with Gasteiger partial charge >= 0.3 is 0 Å². The van der Waals surface area contributed by atoms with Crippen LogP contribution in [0.2, 0.25) is 0 Å². The summed E-state index contributed by atoms with van der Waals surface area (Å²) in [6, 6.07) is 0.443. The van der Waals surface area contributed by atoms with Crippen LogP contribution in [0, 0.1) is 5.92 Å². The molecule has 0 radical (unpaired) electrons. The van der Waals surface area contributed by atoms with Crippen molar-refractivity contribution in [3.8, 4) is 0 Å². The van der Waals surface area contributed by atoms with E-state index in [4.69, 9.17) is 5.73 Å². The Balaban J connectivity index is 1.81. The molecule has 2 fully saturated rings. The van der Waals surface area contributed by atoms with E-state index >= 15 is 0 Å². The molecule has 114 valence electrons. The van der Waals surface area contributed by atoms with Crippen LogP contribution in [0.25, 0.3) is 0 Å². The number of rotatable bonds is 4. The molecule has 20 heavy (non-hydrogen) atoms. The molecule has 2 aliphatic heterocycles. The lowest BCUT2D eigenvalue weighted by Crippen LogP contribution is -3.14. The fraction of sp³-hybridized carbons (Fsp3) is 0.867. The first-order valence-electron chi connectivity index (χ1n) is 8.04. The molecule has 3 N–H and O–H groups in total. The first-order chi connectivity index (χ1) is 9.61. The van der Waals surface area contributed by atoms with Crippen LogP contribution >= 0.6 is 0 Å². The number of carbonyl (C=O) groups excluding carboxylic acids is 2. The van der Waals surface area contributed by atoms with Crippen LogP contribution in [0.3, 0.4) is 0 Å². The first kappa shape index (κ1) is 15.3. The van der Waals surface area contributed by atoms with Gasteiger partial charge in [0, 0.05) is 31.3 Å².